The zero-order chi connectivity index (χ0) is 25.1. The maximum absolute atomic E-state index is 12.2. The number of rotatable bonds is 7. The van der Waals surface area contributed by atoms with Gasteiger partial charge in [-0.25, -0.2) is 5.01 Å². The van der Waals surface area contributed by atoms with Crippen LogP contribution in [0.2, 0.25) is 0 Å². The lowest BCUT2D eigenvalue weighted by molar-refractivity contribution is -0.118. The quantitative estimate of drug-likeness (QED) is 0.423. The minimum Gasteiger partial charge on any atom is -0.470 e. The van der Waals surface area contributed by atoms with Crippen LogP contribution in [0.3, 0.4) is 0 Å². The molecule has 12 heteroatoms. The van der Waals surface area contributed by atoms with E-state index >= 15 is 0 Å². The van der Waals surface area contributed by atoms with Crippen LogP contribution in [-0.4, -0.2) is 51.8 Å². The first-order valence-electron chi connectivity index (χ1n) is 11.3. The highest BCUT2D eigenvalue weighted by Gasteiger charge is 2.38. The number of benzene rings is 1. The number of amidine groups is 1. The van der Waals surface area contributed by atoms with Gasteiger partial charge in [0.25, 0.3) is 5.91 Å². The third kappa shape index (κ3) is 4.73. The van der Waals surface area contributed by atoms with Crippen LogP contribution in [0.15, 0.2) is 63.4 Å². The Labute approximate surface area is 206 Å². The lowest BCUT2D eigenvalue weighted by Gasteiger charge is -2.29. The van der Waals surface area contributed by atoms with Crippen LogP contribution >= 0.6 is 0 Å². The molecule has 3 aromatic rings. The van der Waals surface area contributed by atoms with Crippen LogP contribution in [0, 0.1) is 6.92 Å². The summed E-state index contributed by atoms with van der Waals surface area (Å²) in [6, 6.07) is 13.0. The van der Waals surface area contributed by atoms with Crippen molar-refractivity contribution in [3.05, 3.63) is 82.5 Å². The molecule has 1 unspecified atom stereocenters. The van der Waals surface area contributed by atoms with Crippen molar-refractivity contribution in [2.24, 2.45) is 10.2 Å². The standard InChI is InChI=1S/C24H24N8O4/c1-14-11-20(31-36-14)22-29-28-21-18-5-3-4-6-19(18)24(30-32(21)22)35-13-17-8-7-16(12-27-17)23(34)26-10-9-25-15(2)33/h3-8,11-12,21,28H,9-10,13H2,1-2H3,(H,25,33)(H,26,34). The van der Waals surface area contributed by atoms with Crippen LogP contribution in [0.5, 0.6) is 0 Å². The van der Waals surface area contributed by atoms with Gasteiger partial charge in [0.2, 0.25) is 17.6 Å². The highest BCUT2D eigenvalue weighted by molar-refractivity contribution is 6.03. The van der Waals surface area contributed by atoms with E-state index in [9.17, 15) is 9.59 Å². The molecular weight excluding hydrogens is 464 g/mol. The van der Waals surface area contributed by atoms with Crippen LogP contribution in [0.1, 0.15) is 51.7 Å². The van der Waals surface area contributed by atoms with Crippen LogP contribution < -0.4 is 16.1 Å². The number of ether oxygens (including phenoxy) is 1. The van der Waals surface area contributed by atoms with Crippen molar-refractivity contribution >= 4 is 23.5 Å². The third-order valence-corrected chi connectivity index (χ3v) is 5.52. The second kappa shape index (κ2) is 9.86. The third-order valence-electron chi connectivity index (χ3n) is 5.52. The highest BCUT2D eigenvalue weighted by atomic mass is 16.5. The van der Waals surface area contributed by atoms with Gasteiger partial charge in [0.05, 0.1) is 11.3 Å². The Bertz CT molecular complexity index is 1350. The summed E-state index contributed by atoms with van der Waals surface area (Å²) in [5.74, 6) is 1.20. The van der Waals surface area contributed by atoms with Gasteiger partial charge in [0.15, 0.2) is 11.9 Å². The molecular formula is C24H24N8O4. The Morgan fingerprint density at radius 1 is 1.17 bits per heavy atom. The summed E-state index contributed by atoms with van der Waals surface area (Å²) >= 11 is 0. The average molecular weight is 489 g/mol. The summed E-state index contributed by atoms with van der Waals surface area (Å²) in [4.78, 5) is 27.5. The van der Waals surface area contributed by atoms with Crippen molar-refractivity contribution in [3.63, 3.8) is 0 Å². The molecule has 0 bridgehead atoms. The van der Waals surface area contributed by atoms with Gasteiger partial charge >= 0.3 is 0 Å². The predicted octanol–water partition coefficient (Wildman–Crippen LogP) is 1.40. The fraction of sp³-hybridized carbons (Fsp3) is 0.250. The first kappa shape index (κ1) is 23.0. The van der Waals surface area contributed by atoms with Crippen molar-refractivity contribution in [1.29, 1.82) is 0 Å². The van der Waals surface area contributed by atoms with E-state index in [2.05, 4.69) is 31.3 Å². The first-order valence-corrected chi connectivity index (χ1v) is 11.3. The Hall–Kier alpha value is -4.74. The van der Waals surface area contributed by atoms with Crippen molar-refractivity contribution in [3.8, 4) is 0 Å². The van der Waals surface area contributed by atoms with Gasteiger partial charge in [0.1, 0.15) is 12.4 Å². The fourth-order valence-corrected chi connectivity index (χ4v) is 3.79. The fourth-order valence-electron chi connectivity index (χ4n) is 3.79. The maximum atomic E-state index is 12.2. The Morgan fingerprint density at radius 2 is 2.00 bits per heavy atom. The number of fused-ring (bicyclic) bond motifs is 3. The maximum Gasteiger partial charge on any atom is 0.252 e. The molecule has 0 saturated heterocycles. The molecule has 0 fully saturated rings. The van der Waals surface area contributed by atoms with Gasteiger partial charge in [-0.3, -0.25) is 20.0 Å². The van der Waals surface area contributed by atoms with Gasteiger partial charge in [0, 0.05) is 43.4 Å². The van der Waals surface area contributed by atoms with Crippen LogP contribution in [-0.2, 0) is 16.1 Å². The molecule has 1 aromatic carbocycles. The van der Waals surface area contributed by atoms with Gasteiger partial charge in [-0.1, -0.05) is 23.4 Å². The number of amides is 2. The molecule has 2 amide bonds. The van der Waals surface area contributed by atoms with E-state index < -0.39 is 0 Å². The smallest absolute Gasteiger partial charge is 0.252 e. The number of carbonyl (C=O) groups is 2. The average Bonchev–Trinajstić information content (AvgIpc) is 3.51. The molecule has 0 spiro atoms. The Balaban J connectivity index is 1.27. The number of hydrogen-bond donors (Lipinski definition) is 3. The second-order valence-electron chi connectivity index (χ2n) is 8.19. The summed E-state index contributed by atoms with van der Waals surface area (Å²) in [6.07, 6.45) is 1.20. The van der Waals surface area contributed by atoms with Crippen LogP contribution in [0.25, 0.3) is 0 Å². The van der Waals surface area contributed by atoms with Gasteiger partial charge in [-0.15, -0.1) is 5.10 Å². The lowest BCUT2D eigenvalue weighted by atomic mass is 10.0. The summed E-state index contributed by atoms with van der Waals surface area (Å²) in [6.45, 7) is 4.08. The summed E-state index contributed by atoms with van der Waals surface area (Å²) in [5, 5.41) is 20.2. The highest BCUT2D eigenvalue weighted by Crippen LogP contribution is 2.33. The molecule has 2 aliphatic rings. The summed E-state index contributed by atoms with van der Waals surface area (Å²) in [5.41, 5.74) is 6.52. The van der Waals surface area contributed by atoms with Crippen LogP contribution in [0.4, 0.5) is 0 Å². The molecule has 1 atom stereocenters. The van der Waals surface area contributed by atoms with E-state index in [0.29, 0.717) is 47.5 Å². The zero-order valence-corrected chi connectivity index (χ0v) is 19.7. The van der Waals surface area contributed by atoms with Crippen molar-refractivity contribution in [1.82, 2.24) is 31.2 Å². The van der Waals surface area contributed by atoms with Crippen molar-refractivity contribution in [2.75, 3.05) is 13.1 Å². The van der Waals surface area contributed by atoms with Gasteiger partial charge in [-0.05, 0) is 25.1 Å². The van der Waals surface area contributed by atoms with E-state index in [1.54, 1.807) is 23.2 Å². The molecule has 0 radical (unpaired) electrons. The molecule has 0 saturated carbocycles. The number of nitrogens with one attached hydrogen (secondary N) is 3. The topological polar surface area (TPSA) is 146 Å². The van der Waals surface area contributed by atoms with Gasteiger partial charge in [-0.2, -0.15) is 5.10 Å². The number of hydrogen-bond acceptors (Lipinski definition) is 10. The molecule has 2 aliphatic heterocycles. The number of pyridine rings is 1. The minimum absolute atomic E-state index is 0.145. The normalized spacial score (nSPS) is 15.7. The Morgan fingerprint density at radius 3 is 2.75 bits per heavy atom. The van der Waals surface area contributed by atoms with Crippen molar-refractivity contribution < 1.29 is 18.8 Å². The summed E-state index contributed by atoms with van der Waals surface area (Å²) < 4.78 is 11.3. The molecule has 12 nitrogen and oxygen atoms in total. The van der Waals surface area contributed by atoms with Gasteiger partial charge < -0.3 is 19.9 Å². The zero-order valence-electron chi connectivity index (χ0n) is 19.7. The molecule has 5 rings (SSSR count). The molecule has 4 heterocycles. The molecule has 3 N–H and O–H groups in total. The summed E-state index contributed by atoms with van der Waals surface area (Å²) in [7, 11) is 0. The van der Waals surface area contributed by atoms with E-state index in [1.165, 1.54) is 13.1 Å². The predicted molar refractivity (Wildman–Crippen MR) is 129 cm³/mol. The lowest BCUT2D eigenvalue weighted by Crippen LogP contribution is -2.36. The van der Waals surface area contributed by atoms with Crippen molar-refractivity contribution in [2.45, 2.75) is 26.6 Å². The molecule has 184 valence electrons. The number of aromatic nitrogens is 2. The number of nitrogens with zero attached hydrogens (tertiary/aromatic N) is 5. The number of carbonyl (C=O) groups excluding carboxylic acids is 2. The largest absolute Gasteiger partial charge is 0.470 e. The monoisotopic (exact) mass is 488 g/mol. The second-order valence-corrected chi connectivity index (χ2v) is 8.19. The van der Waals surface area contributed by atoms with E-state index in [4.69, 9.17) is 14.4 Å². The SMILES string of the molecule is CC(=O)NCCNC(=O)c1ccc(COC2=NN3C(c4cc(C)on4)=NNC3c3ccccc32)nc1. The number of aryl methyl sites for hydroxylation is 1. The van der Waals surface area contributed by atoms with E-state index in [0.717, 1.165) is 11.1 Å². The van der Waals surface area contributed by atoms with E-state index in [1.807, 2.05) is 31.2 Å². The Kier molecular flexibility index (Phi) is 6.31. The molecule has 0 aliphatic carbocycles. The minimum atomic E-state index is -0.290. The first-order chi connectivity index (χ1) is 17.5. The number of hydrazone groups is 2. The molecule has 2 aromatic heterocycles. The van der Waals surface area contributed by atoms with E-state index in [-0.39, 0.29) is 24.6 Å². The molecule has 36 heavy (non-hydrogen) atoms.